The molecule has 0 aliphatic carbocycles. The van der Waals surface area contributed by atoms with Crippen LogP contribution in [0.4, 0.5) is 4.79 Å². The molecule has 1 atom stereocenters. The third-order valence-electron chi connectivity index (χ3n) is 5.98. The van der Waals surface area contributed by atoms with Crippen LogP contribution in [0.5, 0.6) is 11.5 Å². The highest BCUT2D eigenvalue weighted by atomic mass is 16.5. The number of amides is 2. The summed E-state index contributed by atoms with van der Waals surface area (Å²) in [5, 5.41) is 5.73. The quantitative estimate of drug-likeness (QED) is 0.630. The van der Waals surface area contributed by atoms with Gasteiger partial charge in [0.2, 0.25) is 0 Å². The number of carbonyl (C=O) groups is 2. The maximum Gasteiger partial charge on any atom is 0.338 e. The van der Waals surface area contributed by atoms with E-state index in [2.05, 4.69) is 33.7 Å². The van der Waals surface area contributed by atoms with Gasteiger partial charge in [-0.25, -0.2) is 9.59 Å². The standard InChI is InChI=1S/C25H29N3O5/c1-4-33-24(29)22-19(15-28-12-11-16-7-5-6-8-18(16)14-28)26-25(30)27-23(22)17-9-10-20(31-2)21(13-17)32-3/h5-10,13,23H,4,11-12,14-15H2,1-3H3,(H2,26,27,30). The Hall–Kier alpha value is -3.52. The molecule has 33 heavy (non-hydrogen) atoms. The monoisotopic (exact) mass is 451 g/mol. The number of nitrogens with zero attached hydrogens (tertiary/aromatic N) is 1. The molecule has 2 amide bonds. The van der Waals surface area contributed by atoms with E-state index in [0.717, 1.165) is 19.5 Å². The van der Waals surface area contributed by atoms with E-state index in [0.29, 0.717) is 34.9 Å². The van der Waals surface area contributed by atoms with Crippen LogP contribution in [0, 0.1) is 0 Å². The van der Waals surface area contributed by atoms with E-state index in [9.17, 15) is 9.59 Å². The van der Waals surface area contributed by atoms with E-state index in [1.807, 2.05) is 12.1 Å². The van der Waals surface area contributed by atoms with Gasteiger partial charge in [-0.1, -0.05) is 30.3 Å². The van der Waals surface area contributed by atoms with Gasteiger partial charge in [0.1, 0.15) is 0 Å². The normalized spacial score (nSPS) is 18.2. The number of urea groups is 1. The van der Waals surface area contributed by atoms with Gasteiger partial charge in [-0.05, 0) is 42.2 Å². The van der Waals surface area contributed by atoms with E-state index < -0.39 is 12.0 Å². The van der Waals surface area contributed by atoms with Crippen LogP contribution in [0.3, 0.4) is 0 Å². The number of carbonyl (C=O) groups excluding carboxylic acids is 2. The molecule has 0 saturated heterocycles. The summed E-state index contributed by atoms with van der Waals surface area (Å²) in [5.41, 5.74) is 4.25. The van der Waals surface area contributed by atoms with Gasteiger partial charge >= 0.3 is 12.0 Å². The Morgan fingerprint density at radius 3 is 2.58 bits per heavy atom. The molecule has 2 heterocycles. The number of nitrogens with one attached hydrogen (secondary N) is 2. The van der Waals surface area contributed by atoms with Gasteiger partial charge in [-0.3, -0.25) is 4.90 Å². The van der Waals surface area contributed by atoms with Crippen LogP contribution in [-0.4, -0.2) is 50.8 Å². The van der Waals surface area contributed by atoms with E-state index in [1.54, 1.807) is 33.3 Å². The van der Waals surface area contributed by atoms with Crippen molar-refractivity contribution in [2.45, 2.75) is 25.9 Å². The molecular formula is C25H29N3O5. The van der Waals surface area contributed by atoms with Gasteiger partial charge < -0.3 is 24.8 Å². The molecule has 2 aliphatic rings. The highest BCUT2D eigenvalue weighted by Crippen LogP contribution is 2.35. The molecule has 2 aromatic rings. The van der Waals surface area contributed by atoms with Gasteiger partial charge in [0.25, 0.3) is 0 Å². The third-order valence-corrected chi connectivity index (χ3v) is 5.98. The average Bonchev–Trinajstić information content (AvgIpc) is 2.83. The summed E-state index contributed by atoms with van der Waals surface area (Å²) in [7, 11) is 3.10. The van der Waals surface area contributed by atoms with Gasteiger partial charge in [0, 0.05) is 25.3 Å². The second-order valence-electron chi connectivity index (χ2n) is 7.99. The fourth-order valence-electron chi connectivity index (χ4n) is 4.39. The van der Waals surface area contributed by atoms with Crippen LogP contribution in [0.2, 0.25) is 0 Å². The second kappa shape index (κ2) is 9.95. The molecule has 2 aliphatic heterocycles. The fraction of sp³-hybridized carbons (Fsp3) is 0.360. The molecule has 0 aromatic heterocycles. The zero-order valence-electron chi connectivity index (χ0n) is 19.1. The number of methoxy groups -OCH3 is 2. The number of hydrogen-bond donors (Lipinski definition) is 2. The Morgan fingerprint density at radius 2 is 1.85 bits per heavy atom. The minimum atomic E-state index is -0.676. The summed E-state index contributed by atoms with van der Waals surface area (Å²) in [5.74, 6) is 0.618. The number of ether oxygens (including phenoxy) is 3. The molecular weight excluding hydrogens is 422 g/mol. The molecule has 0 saturated carbocycles. The van der Waals surface area contributed by atoms with Crippen LogP contribution in [0.15, 0.2) is 53.7 Å². The molecule has 0 fully saturated rings. The van der Waals surface area contributed by atoms with Crippen molar-refractivity contribution in [1.29, 1.82) is 0 Å². The van der Waals surface area contributed by atoms with Gasteiger partial charge in [-0.2, -0.15) is 0 Å². The maximum absolute atomic E-state index is 13.1. The predicted octanol–water partition coefficient (Wildman–Crippen LogP) is 2.93. The Kier molecular flexibility index (Phi) is 6.84. The molecule has 2 N–H and O–H groups in total. The first-order valence-electron chi connectivity index (χ1n) is 11.0. The molecule has 8 heteroatoms. The van der Waals surface area contributed by atoms with Crippen molar-refractivity contribution in [2.24, 2.45) is 0 Å². The largest absolute Gasteiger partial charge is 0.493 e. The van der Waals surface area contributed by atoms with Gasteiger partial charge in [-0.15, -0.1) is 0 Å². The third kappa shape index (κ3) is 4.80. The van der Waals surface area contributed by atoms with Crippen molar-refractivity contribution in [3.63, 3.8) is 0 Å². The molecule has 1 unspecified atom stereocenters. The summed E-state index contributed by atoms with van der Waals surface area (Å²) in [6, 6.07) is 12.6. The van der Waals surface area contributed by atoms with Crippen LogP contribution in [0.1, 0.15) is 29.7 Å². The molecule has 2 aromatic carbocycles. The summed E-state index contributed by atoms with van der Waals surface area (Å²) < 4.78 is 16.1. The molecule has 8 nitrogen and oxygen atoms in total. The van der Waals surface area contributed by atoms with Crippen LogP contribution in [-0.2, 0) is 22.5 Å². The molecule has 0 bridgehead atoms. The lowest BCUT2D eigenvalue weighted by Gasteiger charge is -2.34. The van der Waals surface area contributed by atoms with Gasteiger partial charge in [0.15, 0.2) is 11.5 Å². The summed E-state index contributed by atoms with van der Waals surface area (Å²) in [6.45, 7) is 4.01. The van der Waals surface area contributed by atoms with Gasteiger partial charge in [0.05, 0.1) is 32.4 Å². The first-order valence-corrected chi connectivity index (χ1v) is 11.0. The van der Waals surface area contributed by atoms with Crippen LogP contribution in [0.25, 0.3) is 0 Å². The number of hydrogen-bond acceptors (Lipinski definition) is 6. The number of esters is 1. The van der Waals surface area contributed by atoms with Crippen molar-refractivity contribution >= 4 is 12.0 Å². The van der Waals surface area contributed by atoms with E-state index in [1.165, 1.54) is 11.1 Å². The van der Waals surface area contributed by atoms with E-state index in [-0.39, 0.29) is 12.6 Å². The van der Waals surface area contributed by atoms with Crippen molar-refractivity contribution in [1.82, 2.24) is 15.5 Å². The minimum Gasteiger partial charge on any atom is -0.493 e. The van der Waals surface area contributed by atoms with E-state index in [4.69, 9.17) is 14.2 Å². The minimum absolute atomic E-state index is 0.235. The molecule has 4 rings (SSSR count). The maximum atomic E-state index is 13.1. The van der Waals surface area contributed by atoms with Crippen molar-refractivity contribution in [2.75, 3.05) is 33.9 Å². The molecule has 174 valence electrons. The first kappa shape index (κ1) is 22.7. The predicted molar refractivity (Wildman–Crippen MR) is 123 cm³/mol. The number of rotatable bonds is 7. The summed E-state index contributed by atoms with van der Waals surface area (Å²) >= 11 is 0. The highest BCUT2D eigenvalue weighted by molar-refractivity contribution is 5.95. The molecule has 0 radical (unpaired) electrons. The summed E-state index contributed by atoms with van der Waals surface area (Å²) in [6.07, 6.45) is 0.920. The Morgan fingerprint density at radius 1 is 1.09 bits per heavy atom. The van der Waals surface area contributed by atoms with Crippen molar-refractivity contribution < 1.29 is 23.8 Å². The van der Waals surface area contributed by atoms with Crippen molar-refractivity contribution in [3.05, 3.63) is 70.4 Å². The van der Waals surface area contributed by atoms with Crippen molar-refractivity contribution in [3.8, 4) is 11.5 Å². The number of fused-ring (bicyclic) bond motifs is 1. The average molecular weight is 452 g/mol. The lowest BCUT2D eigenvalue weighted by Crippen LogP contribution is -2.49. The SMILES string of the molecule is CCOC(=O)C1=C(CN2CCc3ccccc3C2)NC(=O)NC1c1ccc(OC)c(OC)c1. The summed E-state index contributed by atoms with van der Waals surface area (Å²) in [4.78, 5) is 27.9. The Balaban J connectivity index is 1.70. The van der Waals surface area contributed by atoms with E-state index >= 15 is 0 Å². The second-order valence-corrected chi connectivity index (χ2v) is 7.99. The van der Waals surface area contributed by atoms with Crippen LogP contribution >= 0.6 is 0 Å². The molecule has 0 spiro atoms. The number of benzene rings is 2. The highest BCUT2D eigenvalue weighted by Gasteiger charge is 2.35. The smallest absolute Gasteiger partial charge is 0.338 e. The Bertz CT molecular complexity index is 1080. The first-order chi connectivity index (χ1) is 16.0. The van der Waals surface area contributed by atoms with Crippen LogP contribution < -0.4 is 20.1 Å². The fourth-order valence-corrected chi connectivity index (χ4v) is 4.39. The zero-order chi connectivity index (χ0) is 23.4. The topological polar surface area (TPSA) is 89.1 Å². The lowest BCUT2D eigenvalue weighted by molar-refractivity contribution is -0.139. The lowest BCUT2D eigenvalue weighted by atomic mass is 9.94. The Labute approximate surface area is 193 Å². The zero-order valence-corrected chi connectivity index (χ0v) is 19.1.